The SMILES string of the molecule is COC(=O)C=C(CC(=O)OC)c1ccc(OC)nc1. The molecule has 0 bridgehead atoms. The minimum atomic E-state index is -0.547. The molecule has 0 aliphatic carbocycles. The second-order valence-corrected chi connectivity index (χ2v) is 3.53. The van der Waals surface area contributed by atoms with Crippen molar-refractivity contribution >= 4 is 17.5 Å². The number of methoxy groups -OCH3 is 3. The molecule has 1 aromatic heterocycles. The van der Waals surface area contributed by atoms with Gasteiger partial charge in [0.05, 0.1) is 27.8 Å². The number of carbonyl (C=O) groups excluding carboxylic acids is 2. The summed E-state index contributed by atoms with van der Waals surface area (Å²) in [6, 6.07) is 3.33. The zero-order valence-electron chi connectivity index (χ0n) is 11.0. The molecule has 0 aliphatic rings. The first-order valence-corrected chi connectivity index (χ1v) is 5.46. The van der Waals surface area contributed by atoms with Crippen molar-refractivity contribution in [3.63, 3.8) is 0 Å². The largest absolute Gasteiger partial charge is 0.481 e. The van der Waals surface area contributed by atoms with E-state index in [1.54, 1.807) is 12.1 Å². The second kappa shape index (κ2) is 7.15. The van der Waals surface area contributed by atoms with Gasteiger partial charge in [0.1, 0.15) is 0 Å². The Balaban J connectivity index is 3.03. The van der Waals surface area contributed by atoms with E-state index in [1.165, 1.54) is 33.6 Å². The van der Waals surface area contributed by atoms with Crippen LogP contribution in [-0.2, 0) is 19.1 Å². The van der Waals surface area contributed by atoms with Gasteiger partial charge >= 0.3 is 11.9 Å². The van der Waals surface area contributed by atoms with Gasteiger partial charge in [-0.25, -0.2) is 9.78 Å². The van der Waals surface area contributed by atoms with Crippen LogP contribution in [0.3, 0.4) is 0 Å². The number of ether oxygens (including phenoxy) is 3. The molecular formula is C13H15NO5. The molecule has 0 saturated carbocycles. The van der Waals surface area contributed by atoms with E-state index in [-0.39, 0.29) is 6.42 Å². The van der Waals surface area contributed by atoms with Crippen LogP contribution in [0.2, 0.25) is 0 Å². The molecule has 0 aromatic carbocycles. The summed E-state index contributed by atoms with van der Waals surface area (Å²) in [5.74, 6) is -0.556. The Morgan fingerprint density at radius 3 is 2.42 bits per heavy atom. The van der Waals surface area contributed by atoms with Crippen molar-refractivity contribution in [3.05, 3.63) is 30.0 Å². The lowest BCUT2D eigenvalue weighted by atomic mass is 10.0. The lowest BCUT2D eigenvalue weighted by molar-refractivity contribution is -0.139. The monoisotopic (exact) mass is 265 g/mol. The second-order valence-electron chi connectivity index (χ2n) is 3.53. The van der Waals surface area contributed by atoms with Gasteiger partial charge in [-0.1, -0.05) is 0 Å². The average Bonchev–Trinajstić information content (AvgIpc) is 2.46. The molecule has 6 heteroatoms. The Hall–Kier alpha value is -2.37. The van der Waals surface area contributed by atoms with Crippen molar-refractivity contribution in [1.82, 2.24) is 4.98 Å². The van der Waals surface area contributed by atoms with Crippen LogP contribution in [0.5, 0.6) is 5.88 Å². The molecule has 0 unspecified atom stereocenters. The summed E-state index contributed by atoms with van der Waals surface area (Å²) >= 11 is 0. The predicted octanol–water partition coefficient (Wildman–Crippen LogP) is 1.21. The summed E-state index contributed by atoms with van der Waals surface area (Å²) in [6.07, 6.45) is 2.70. The van der Waals surface area contributed by atoms with Crippen LogP contribution in [0.1, 0.15) is 12.0 Å². The van der Waals surface area contributed by atoms with E-state index >= 15 is 0 Å². The number of nitrogens with zero attached hydrogens (tertiary/aromatic N) is 1. The summed E-state index contributed by atoms with van der Waals surface area (Å²) in [5.41, 5.74) is 1.09. The third-order valence-electron chi connectivity index (χ3n) is 2.37. The Kier molecular flexibility index (Phi) is 5.53. The number of pyridine rings is 1. The molecule has 0 amide bonds. The number of esters is 2. The zero-order chi connectivity index (χ0) is 14.3. The Morgan fingerprint density at radius 2 is 1.95 bits per heavy atom. The molecule has 19 heavy (non-hydrogen) atoms. The van der Waals surface area contributed by atoms with Crippen LogP contribution in [0.25, 0.3) is 5.57 Å². The molecule has 0 spiro atoms. The topological polar surface area (TPSA) is 74.7 Å². The van der Waals surface area contributed by atoms with Gasteiger partial charge in [0, 0.05) is 18.3 Å². The van der Waals surface area contributed by atoms with Gasteiger partial charge in [-0.05, 0) is 17.2 Å². The molecule has 0 atom stereocenters. The van der Waals surface area contributed by atoms with E-state index < -0.39 is 11.9 Å². The van der Waals surface area contributed by atoms with Crippen LogP contribution in [0.4, 0.5) is 0 Å². The van der Waals surface area contributed by atoms with E-state index in [0.717, 1.165) is 0 Å². The van der Waals surface area contributed by atoms with Crippen LogP contribution >= 0.6 is 0 Å². The summed E-state index contributed by atoms with van der Waals surface area (Å²) in [6.45, 7) is 0. The van der Waals surface area contributed by atoms with Crippen molar-refractivity contribution in [1.29, 1.82) is 0 Å². The fraction of sp³-hybridized carbons (Fsp3) is 0.308. The molecule has 1 aromatic rings. The van der Waals surface area contributed by atoms with Crippen LogP contribution in [-0.4, -0.2) is 38.3 Å². The number of aromatic nitrogens is 1. The maximum absolute atomic E-state index is 11.3. The molecule has 0 saturated heterocycles. The highest BCUT2D eigenvalue weighted by Crippen LogP contribution is 2.20. The zero-order valence-corrected chi connectivity index (χ0v) is 11.0. The van der Waals surface area contributed by atoms with Crippen LogP contribution in [0, 0.1) is 0 Å². The average molecular weight is 265 g/mol. The Labute approximate surface area is 111 Å². The van der Waals surface area contributed by atoms with Crippen LogP contribution in [0.15, 0.2) is 24.4 Å². The third kappa shape index (κ3) is 4.42. The number of carbonyl (C=O) groups is 2. The molecular weight excluding hydrogens is 250 g/mol. The molecule has 0 radical (unpaired) electrons. The van der Waals surface area contributed by atoms with Gasteiger partial charge in [0.25, 0.3) is 0 Å². The van der Waals surface area contributed by atoms with Gasteiger partial charge in [-0.3, -0.25) is 4.79 Å². The highest BCUT2D eigenvalue weighted by atomic mass is 16.5. The van der Waals surface area contributed by atoms with Crippen molar-refractivity contribution in [2.24, 2.45) is 0 Å². The summed E-state index contributed by atoms with van der Waals surface area (Å²) in [5, 5.41) is 0. The molecule has 0 N–H and O–H groups in total. The van der Waals surface area contributed by atoms with Gasteiger partial charge < -0.3 is 14.2 Å². The molecule has 1 rings (SSSR count). The molecule has 1 heterocycles. The van der Waals surface area contributed by atoms with Crippen molar-refractivity contribution < 1.29 is 23.8 Å². The Morgan fingerprint density at radius 1 is 1.21 bits per heavy atom. The first kappa shape index (κ1) is 14.7. The lowest BCUT2D eigenvalue weighted by Gasteiger charge is -2.07. The normalized spacial score (nSPS) is 10.8. The van der Waals surface area contributed by atoms with Crippen LogP contribution < -0.4 is 4.74 Å². The molecule has 0 fully saturated rings. The fourth-order valence-corrected chi connectivity index (χ4v) is 1.36. The number of rotatable bonds is 5. The summed E-state index contributed by atoms with van der Waals surface area (Å²) in [4.78, 5) is 26.6. The first-order valence-electron chi connectivity index (χ1n) is 5.46. The standard InChI is InChI=1S/C13H15NO5/c1-17-11-5-4-9(8-14-11)10(6-12(15)18-2)7-13(16)19-3/h4-6,8H,7H2,1-3H3. The number of hydrogen-bond donors (Lipinski definition) is 0. The molecule has 0 aliphatic heterocycles. The Bertz CT molecular complexity index is 478. The maximum atomic E-state index is 11.3. The van der Waals surface area contributed by atoms with Crippen molar-refractivity contribution in [3.8, 4) is 5.88 Å². The summed E-state index contributed by atoms with van der Waals surface area (Å²) < 4.78 is 14.1. The smallest absolute Gasteiger partial charge is 0.330 e. The highest BCUT2D eigenvalue weighted by molar-refractivity contribution is 5.95. The van der Waals surface area contributed by atoms with Crippen molar-refractivity contribution in [2.45, 2.75) is 6.42 Å². The third-order valence-corrected chi connectivity index (χ3v) is 2.37. The predicted molar refractivity (Wildman–Crippen MR) is 67.4 cm³/mol. The molecule has 102 valence electrons. The van der Waals surface area contributed by atoms with Gasteiger partial charge in [-0.15, -0.1) is 0 Å². The maximum Gasteiger partial charge on any atom is 0.330 e. The minimum Gasteiger partial charge on any atom is -0.481 e. The quantitative estimate of drug-likeness (QED) is 0.588. The van der Waals surface area contributed by atoms with E-state index in [4.69, 9.17) is 4.74 Å². The first-order chi connectivity index (χ1) is 9.10. The lowest BCUT2D eigenvalue weighted by Crippen LogP contribution is -2.04. The van der Waals surface area contributed by atoms with E-state index in [1.807, 2.05) is 0 Å². The number of hydrogen-bond acceptors (Lipinski definition) is 6. The summed E-state index contributed by atoms with van der Waals surface area (Å²) in [7, 11) is 4.05. The van der Waals surface area contributed by atoms with E-state index in [2.05, 4.69) is 14.5 Å². The van der Waals surface area contributed by atoms with E-state index in [9.17, 15) is 9.59 Å². The van der Waals surface area contributed by atoms with Crippen molar-refractivity contribution in [2.75, 3.05) is 21.3 Å². The fourth-order valence-electron chi connectivity index (χ4n) is 1.36. The van der Waals surface area contributed by atoms with Gasteiger partial charge in [0.15, 0.2) is 0 Å². The van der Waals surface area contributed by atoms with Gasteiger partial charge in [-0.2, -0.15) is 0 Å². The van der Waals surface area contributed by atoms with E-state index in [0.29, 0.717) is 17.0 Å². The molecule has 6 nitrogen and oxygen atoms in total. The minimum absolute atomic E-state index is 0.0421. The van der Waals surface area contributed by atoms with Gasteiger partial charge in [0.2, 0.25) is 5.88 Å². The highest BCUT2D eigenvalue weighted by Gasteiger charge is 2.11.